The summed E-state index contributed by atoms with van der Waals surface area (Å²) in [5, 5.41) is 6.51. The molecule has 0 fully saturated rings. The highest BCUT2D eigenvalue weighted by molar-refractivity contribution is 5.91. The Morgan fingerprint density at radius 1 is 0.964 bits per heavy atom. The number of hydrogen-bond acceptors (Lipinski definition) is 4. The number of carbonyl (C=O) groups excluding carboxylic acids is 2. The third-order valence-corrected chi connectivity index (χ3v) is 4.09. The molecule has 28 heavy (non-hydrogen) atoms. The number of aryl methyl sites for hydroxylation is 1. The minimum Gasteiger partial charge on any atom is -0.460 e. The van der Waals surface area contributed by atoms with Gasteiger partial charge in [0.05, 0.1) is 18.7 Å². The lowest BCUT2D eigenvalue weighted by atomic mass is 9.90. The highest BCUT2D eigenvalue weighted by atomic mass is 16.3. The highest BCUT2D eigenvalue weighted by Crippen LogP contribution is 2.24. The van der Waals surface area contributed by atoms with E-state index in [1.807, 2.05) is 67.6 Å². The lowest BCUT2D eigenvalue weighted by Crippen LogP contribution is -2.37. The molecular weight excluding hydrogens is 354 g/mol. The van der Waals surface area contributed by atoms with Gasteiger partial charge in [-0.25, -0.2) is 5.43 Å². The maximum Gasteiger partial charge on any atom is 0.259 e. The molecule has 6 heteroatoms. The summed E-state index contributed by atoms with van der Waals surface area (Å²) in [6.45, 7) is 1.64. The summed E-state index contributed by atoms with van der Waals surface area (Å²) in [6, 6.07) is 22.5. The maximum atomic E-state index is 12.8. The molecule has 0 radical (unpaired) electrons. The van der Waals surface area contributed by atoms with Gasteiger partial charge in [0.1, 0.15) is 11.5 Å². The van der Waals surface area contributed by atoms with E-state index in [0.717, 1.165) is 16.9 Å². The summed E-state index contributed by atoms with van der Waals surface area (Å²) in [5.74, 6) is 0.124. The number of amides is 2. The zero-order valence-electron chi connectivity index (χ0n) is 15.5. The van der Waals surface area contributed by atoms with Gasteiger partial charge in [0.15, 0.2) is 0 Å². The second-order valence-corrected chi connectivity index (χ2v) is 6.21. The van der Waals surface area contributed by atoms with E-state index in [1.165, 1.54) is 6.21 Å². The quantitative estimate of drug-likeness (QED) is 0.492. The van der Waals surface area contributed by atoms with Crippen LogP contribution in [-0.4, -0.2) is 24.6 Å². The van der Waals surface area contributed by atoms with Gasteiger partial charge in [0.25, 0.3) is 5.91 Å². The zero-order valence-corrected chi connectivity index (χ0v) is 15.5. The lowest BCUT2D eigenvalue weighted by Gasteiger charge is -2.17. The fourth-order valence-corrected chi connectivity index (χ4v) is 2.79. The Bertz CT molecular complexity index is 910. The molecule has 0 saturated heterocycles. The molecule has 2 aromatic carbocycles. The van der Waals surface area contributed by atoms with E-state index in [4.69, 9.17) is 4.42 Å². The van der Waals surface area contributed by atoms with Crippen molar-refractivity contribution in [1.82, 2.24) is 10.7 Å². The molecule has 1 aromatic heterocycles. The number of carbonyl (C=O) groups is 2. The van der Waals surface area contributed by atoms with E-state index in [2.05, 4.69) is 15.8 Å². The van der Waals surface area contributed by atoms with Crippen molar-refractivity contribution in [2.45, 2.75) is 12.8 Å². The summed E-state index contributed by atoms with van der Waals surface area (Å²) in [4.78, 5) is 24.8. The fraction of sp³-hybridized carbons (Fsp3) is 0.136. The smallest absolute Gasteiger partial charge is 0.259 e. The van der Waals surface area contributed by atoms with Crippen LogP contribution in [-0.2, 0) is 9.59 Å². The van der Waals surface area contributed by atoms with Crippen molar-refractivity contribution in [3.05, 3.63) is 95.4 Å². The van der Waals surface area contributed by atoms with Crippen molar-refractivity contribution in [1.29, 1.82) is 0 Å². The minimum absolute atomic E-state index is 0.177. The van der Waals surface area contributed by atoms with Gasteiger partial charge in [-0.15, -0.1) is 0 Å². The molecule has 0 saturated carbocycles. The Morgan fingerprint density at radius 3 is 2.11 bits per heavy atom. The average molecular weight is 375 g/mol. The SMILES string of the molecule is Cc1ccc(/C=N/NC(=O)CNC(=O)C(c2ccccc2)c2ccccc2)o1. The summed E-state index contributed by atoms with van der Waals surface area (Å²) in [5.41, 5.74) is 4.09. The van der Waals surface area contributed by atoms with Gasteiger partial charge in [-0.3, -0.25) is 9.59 Å². The number of furan rings is 1. The van der Waals surface area contributed by atoms with Crippen molar-refractivity contribution < 1.29 is 14.0 Å². The molecule has 0 atom stereocenters. The topological polar surface area (TPSA) is 83.7 Å². The van der Waals surface area contributed by atoms with Crippen molar-refractivity contribution in [3.63, 3.8) is 0 Å². The third-order valence-electron chi connectivity index (χ3n) is 4.09. The van der Waals surface area contributed by atoms with Gasteiger partial charge in [-0.05, 0) is 30.2 Å². The van der Waals surface area contributed by atoms with E-state index in [1.54, 1.807) is 12.1 Å². The van der Waals surface area contributed by atoms with E-state index in [0.29, 0.717) is 5.76 Å². The number of rotatable bonds is 7. The predicted octanol–water partition coefficient (Wildman–Crippen LogP) is 2.99. The zero-order chi connectivity index (χ0) is 19.8. The van der Waals surface area contributed by atoms with Gasteiger partial charge in [0.2, 0.25) is 5.91 Å². The monoisotopic (exact) mass is 375 g/mol. The fourth-order valence-electron chi connectivity index (χ4n) is 2.79. The molecule has 6 nitrogen and oxygen atoms in total. The summed E-state index contributed by atoms with van der Waals surface area (Å²) in [7, 11) is 0. The highest BCUT2D eigenvalue weighted by Gasteiger charge is 2.22. The standard InChI is InChI=1S/C22H21N3O3/c1-16-12-13-19(28-16)14-24-25-20(26)15-23-22(27)21(17-8-4-2-5-9-17)18-10-6-3-7-11-18/h2-14,21H,15H2,1H3,(H,23,27)(H,25,26)/b24-14+. The molecule has 2 amide bonds. The molecule has 1 heterocycles. The molecule has 2 N–H and O–H groups in total. The van der Waals surface area contributed by atoms with Gasteiger partial charge >= 0.3 is 0 Å². The van der Waals surface area contributed by atoms with Crippen LogP contribution in [0.1, 0.15) is 28.6 Å². The van der Waals surface area contributed by atoms with Crippen LogP contribution >= 0.6 is 0 Å². The van der Waals surface area contributed by atoms with E-state index < -0.39 is 11.8 Å². The molecule has 0 bridgehead atoms. The van der Waals surface area contributed by atoms with Gasteiger partial charge in [-0.1, -0.05) is 60.7 Å². The first kappa shape index (κ1) is 19.1. The normalized spacial score (nSPS) is 10.9. The van der Waals surface area contributed by atoms with E-state index in [9.17, 15) is 9.59 Å². The van der Waals surface area contributed by atoms with Crippen molar-refractivity contribution in [2.24, 2.45) is 5.10 Å². The van der Waals surface area contributed by atoms with Crippen LogP contribution in [0.4, 0.5) is 0 Å². The van der Waals surface area contributed by atoms with E-state index in [-0.39, 0.29) is 12.5 Å². The second kappa shape index (κ2) is 9.32. The summed E-state index contributed by atoms with van der Waals surface area (Å²) in [6.07, 6.45) is 1.41. The van der Waals surface area contributed by atoms with Crippen LogP contribution in [0, 0.1) is 6.92 Å². The van der Waals surface area contributed by atoms with Crippen LogP contribution < -0.4 is 10.7 Å². The summed E-state index contributed by atoms with van der Waals surface area (Å²) < 4.78 is 5.32. The number of hydrogen-bond donors (Lipinski definition) is 2. The first-order valence-electron chi connectivity index (χ1n) is 8.89. The number of benzene rings is 2. The largest absolute Gasteiger partial charge is 0.460 e. The Kier molecular flexibility index (Phi) is 6.36. The lowest BCUT2D eigenvalue weighted by molar-refractivity contribution is -0.126. The first-order valence-corrected chi connectivity index (χ1v) is 8.89. The van der Waals surface area contributed by atoms with Gasteiger partial charge in [0, 0.05) is 0 Å². The molecule has 0 aliphatic rings. The molecule has 142 valence electrons. The third kappa shape index (κ3) is 5.17. The Balaban J connectivity index is 1.61. The molecule has 0 aliphatic carbocycles. The van der Waals surface area contributed by atoms with Crippen molar-refractivity contribution in [3.8, 4) is 0 Å². The van der Waals surface area contributed by atoms with E-state index >= 15 is 0 Å². The van der Waals surface area contributed by atoms with Crippen LogP contribution in [0.2, 0.25) is 0 Å². The molecular formula is C22H21N3O3. The Labute approximate surface area is 163 Å². The van der Waals surface area contributed by atoms with Gasteiger partial charge in [-0.2, -0.15) is 5.10 Å². The van der Waals surface area contributed by atoms with Crippen molar-refractivity contribution in [2.75, 3.05) is 6.54 Å². The first-order chi connectivity index (χ1) is 13.6. The number of nitrogens with zero attached hydrogens (tertiary/aromatic N) is 1. The van der Waals surface area contributed by atoms with Crippen LogP contribution in [0.15, 0.2) is 82.3 Å². The number of hydrazone groups is 1. The molecule has 3 aromatic rings. The predicted molar refractivity (Wildman–Crippen MR) is 107 cm³/mol. The second-order valence-electron chi connectivity index (χ2n) is 6.21. The van der Waals surface area contributed by atoms with Crippen molar-refractivity contribution >= 4 is 18.0 Å². The Hall–Kier alpha value is -3.67. The summed E-state index contributed by atoms with van der Waals surface area (Å²) >= 11 is 0. The minimum atomic E-state index is -0.496. The Morgan fingerprint density at radius 2 is 1.57 bits per heavy atom. The molecule has 0 unspecified atom stereocenters. The van der Waals surface area contributed by atoms with Crippen LogP contribution in [0.25, 0.3) is 0 Å². The maximum absolute atomic E-state index is 12.8. The number of nitrogens with one attached hydrogen (secondary N) is 2. The molecule has 3 rings (SSSR count). The van der Waals surface area contributed by atoms with Crippen LogP contribution in [0.5, 0.6) is 0 Å². The average Bonchev–Trinajstić information content (AvgIpc) is 3.13. The molecule has 0 aliphatic heterocycles. The van der Waals surface area contributed by atoms with Crippen LogP contribution in [0.3, 0.4) is 0 Å². The molecule has 0 spiro atoms. The van der Waals surface area contributed by atoms with Gasteiger partial charge < -0.3 is 9.73 Å².